The zero-order valence-corrected chi connectivity index (χ0v) is 12.1. The Morgan fingerprint density at radius 2 is 2.28 bits per heavy atom. The number of aromatic nitrogens is 3. The summed E-state index contributed by atoms with van der Waals surface area (Å²) in [4.78, 5) is 8.65. The summed E-state index contributed by atoms with van der Waals surface area (Å²) in [6, 6.07) is 2.18. The van der Waals surface area contributed by atoms with Crippen molar-refractivity contribution in [3.05, 3.63) is 29.7 Å². The fourth-order valence-corrected chi connectivity index (χ4v) is 2.91. The first kappa shape index (κ1) is 13.5. The Bertz CT molecular complexity index is 485. The fourth-order valence-electron chi connectivity index (χ4n) is 1.52. The van der Waals surface area contributed by atoms with Gasteiger partial charge in [-0.3, -0.25) is 0 Å². The quantitative estimate of drug-likeness (QED) is 0.825. The highest BCUT2D eigenvalue weighted by molar-refractivity contribution is 8.00. The molecule has 0 aliphatic carbocycles. The fraction of sp³-hybridized carbons (Fsp3) is 0.417. The molecule has 0 saturated heterocycles. The lowest BCUT2D eigenvalue weighted by atomic mass is 10.2. The molecule has 1 N–H and O–H groups in total. The Kier molecular flexibility index (Phi) is 5.10. The molecule has 0 aromatic carbocycles. The van der Waals surface area contributed by atoms with Gasteiger partial charge in [0.05, 0.1) is 0 Å². The minimum atomic E-state index is 0.880. The van der Waals surface area contributed by atoms with Gasteiger partial charge in [0, 0.05) is 12.7 Å². The van der Waals surface area contributed by atoms with E-state index < -0.39 is 0 Å². The van der Waals surface area contributed by atoms with Crippen LogP contribution in [0.25, 0.3) is 0 Å². The summed E-state index contributed by atoms with van der Waals surface area (Å²) in [5.41, 5.74) is 2.41. The number of pyridine rings is 1. The number of nitrogens with zero attached hydrogens (tertiary/aromatic N) is 3. The third-order valence-electron chi connectivity index (χ3n) is 2.37. The summed E-state index contributed by atoms with van der Waals surface area (Å²) in [6.45, 7) is 6.17. The predicted octanol–water partition coefficient (Wildman–Crippen LogP) is 2.89. The summed E-state index contributed by atoms with van der Waals surface area (Å²) in [5, 5.41) is 4.38. The topological polar surface area (TPSA) is 50.7 Å². The molecule has 2 heterocycles. The van der Waals surface area contributed by atoms with Gasteiger partial charge in [0.25, 0.3) is 0 Å². The largest absolute Gasteiger partial charge is 0.313 e. The number of nitrogens with one attached hydrogen (secondary N) is 1. The Labute approximate surface area is 115 Å². The second-order valence-corrected chi connectivity index (χ2v) is 5.97. The molecule has 0 aliphatic heterocycles. The van der Waals surface area contributed by atoms with E-state index in [1.807, 2.05) is 6.20 Å². The van der Waals surface area contributed by atoms with E-state index in [-0.39, 0.29) is 0 Å². The van der Waals surface area contributed by atoms with Gasteiger partial charge in [0.2, 0.25) is 0 Å². The molecule has 0 amide bonds. The van der Waals surface area contributed by atoms with Crippen molar-refractivity contribution in [1.82, 2.24) is 19.7 Å². The average Bonchev–Trinajstić information content (AvgIpc) is 2.86. The lowest BCUT2D eigenvalue weighted by Crippen LogP contribution is -2.14. The monoisotopic (exact) mass is 280 g/mol. The Balaban J connectivity index is 2.01. The second kappa shape index (κ2) is 6.82. The highest BCUT2D eigenvalue weighted by Gasteiger charge is 2.06. The molecule has 0 radical (unpaired) electrons. The first-order valence-electron chi connectivity index (χ1n) is 5.90. The molecule has 0 atom stereocenters. The molecule has 2 rings (SSSR count). The van der Waals surface area contributed by atoms with Gasteiger partial charge in [0.1, 0.15) is 11.4 Å². The first-order valence-corrected chi connectivity index (χ1v) is 7.49. The highest BCUT2D eigenvalue weighted by Crippen LogP contribution is 2.28. The van der Waals surface area contributed by atoms with Crippen molar-refractivity contribution in [2.24, 2.45) is 0 Å². The average molecular weight is 280 g/mol. The molecule has 0 aliphatic rings. The van der Waals surface area contributed by atoms with Crippen molar-refractivity contribution in [2.75, 3.05) is 6.54 Å². The van der Waals surface area contributed by atoms with Crippen molar-refractivity contribution in [3.8, 4) is 0 Å². The van der Waals surface area contributed by atoms with Crippen molar-refractivity contribution in [2.45, 2.75) is 36.2 Å². The van der Waals surface area contributed by atoms with Crippen LogP contribution in [0.1, 0.15) is 24.5 Å². The number of aryl methyl sites for hydroxylation is 1. The molecule has 0 saturated carbocycles. The lowest BCUT2D eigenvalue weighted by Gasteiger charge is -2.06. The van der Waals surface area contributed by atoms with Gasteiger partial charge >= 0.3 is 0 Å². The van der Waals surface area contributed by atoms with E-state index in [9.17, 15) is 0 Å². The van der Waals surface area contributed by atoms with Crippen molar-refractivity contribution in [1.29, 1.82) is 0 Å². The van der Waals surface area contributed by atoms with Gasteiger partial charge in [-0.1, -0.05) is 13.0 Å². The van der Waals surface area contributed by atoms with Crippen LogP contribution < -0.4 is 5.32 Å². The third-order valence-corrected chi connectivity index (χ3v) is 4.20. The van der Waals surface area contributed by atoms with Gasteiger partial charge < -0.3 is 5.32 Å². The summed E-state index contributed by atoms with van der Waals surface area (Å²) in [7, 11) is 0. The van der Waals surface area contributed by atoms with Gasteiger partial charge in [0.15, 0.2) is 4.34 Å². The summed E-state index contributed by atoms with van der Waals surface area (Å²) in [6.07, 6.45) is 4.65. The van der Waals surface area contributed by atoms with E-state index in [2.05, 4.69) is 39.6 Å². The summed E-state index contributed by atoms with van der Waals surface area (Å²) in [5.74, 6) is 0. The number of rotatable bonds is 6. The zero-order chi connectivity index (χ0) is 12.8. The lowest BCUT2D eigenvalue weighted by molar-refractivity contribution is 0.672. The second-order valence-electron chi connectivity index (χ2n) is 3.95. The van der Waals surface area contributed by atoms with Crippen LogP contribution in [0, 0.1) is 6.92 Å². The molecule has 96 valence electrons. The molecule has 2 aromatic rings. The van der Waals surface area contributed by atoms with Crippen molar-refractivity contribution >= 4 is 23.3 Å². The van der Waals surface area contributed by atoms with Crippen LogP contribution >= 0.6 is 23.3 Å². The Morgan fingerprint density at radius 3 is 2.94 bits per heavy atom. The molecule has 0 unspecified atom stereocenters. The van der Waals surface area contributed by atoms with Crippen LogP contribution in [0.15, 0.2) is 28.0 Å². The van der Waals surface area contributed by atoms with E-state index >= 15 is 0 Å². The molecule has 6 heteroatoms. The van der Waals surface area contributed by atoms with Gasteiger partial charge in [-0.15, -0.1) is 0 Å². The Hall–Kier alpha value is -0.980. The maximum absolute atomic E-state index is 4.49. The minimum absolute atomic E-state index is 0.880. The minimum Gasteiger partial charge on any atom is -0.313 e. The maximum Gasteiger partial charge on any atom is 0.176 e. The molecular weight excluding hydrogens is 264 g/mol. The van der Waals surface area contributed by atoms with Crippen LogP contribution in [-0.4, -0.2) is 20.9 Å². The molecule has 0 spiro atoms. The van der Waals surface area contributed by atoms with E-state index in [1.165, 1.54) is 22.7 Å². The Morgan fingerprint density at radius 1 is 1.39 bits per heavy atom. The van der Waals surface area contributed by atoms with E-state index in [0.29, 0.717) is 0 Å². The van der Waals surface area contributed by atoms with Gasteiger partial charge in [-0.2, -0.15) is 4.37 Å². The van der Waals surface area contributed by atoms with Crippen LogP contribution in [0.2, 0.25) is 0 Å². The smallest absolute Gasteiger partial charge is 0.176 e. The van der Waals surface area contributed by atoms with Crippen LogP contribution in [0.4, 0.5) is 0 Å². The summed E-state index contributed by atoms with van der Waals surface area (Å²) < 4.78 is 4.92. The molecule has 4 nitrogen and oxygen atoms in total. The SMILES string of the molecule is CCCNCc1cnc(Sc2ncns2)c(C)c1. The standard InChI is InChI=1S/C12H16N4S2/c1-3-4-13-6-10-5-9(2)11(14-7-10)17-12-15-8-16-18-12/h5,7-8,13H,3-4,6H2,1-2H3. The van der Waals surface area contributed by atoms with Crippen LogP contribution in [0.5, 0.6) is 0 Å². The van der Waals surface area contributed by atoms with Gasteiger partial charge in [-0.25, -0.2) is 9.97 Å². The predicted molar refractivity (Wildman–Crippen MR) is 75.0 cm³/mol. The van der Waals surface area contributed by atoms with Crippen LogP contribution in [0.3, 0.4) is 0 Å². The highest BCUT2D eigenvalue weighted by atomic mass is 32.2. The van der Waals surface area contributed by atoms with Crippen LogP contribution in [-0.2, 0) is 6.54 Å². The number of hydrogen-bond acceptors (Lipinski definition) is 6. The molecule has 0 bridgehead atoms. The first-order chi connectivity index (χ1) is 8.79. The summed E-state index contributed by atoms with van der Waals surface area (Å²) >= 11 is 2.97. The van der Waals surface area contributed by atoms with Crippen molar-refractivity contribution < 1.29 is 0 Å². The van der Waals surface area contributed by atoms with Crippen molar-refractivity contribution in [3.63, 3.8) is 0 Å². The van der Waals surface area contributed by atoms with E-state index in [0.717, 1.165) is 28.9 Å². The molecular formula is C12H16N4S2. The number of hydrogen-bond donors (Lipinski definition) is 1. The molecule has 2 aromatic heterocycles. The molecule has 18 heavy (non-hydrogen) atoms. The normalized spacial score (nSPS) is 10.8. The maximum atomic E-state index is 4.49. The third kappa shape index (κ3) is 3.76. The zero-order valence-electron chi connectivity index (χ0n) is 10.5. The van der Waals surface area contributed by atoms with E-state index in [4.69, 9.17) is 0 Å². The molecule has 0 fully saturated rings. The van der Waals surface area contributed by atoms with E-state index in [1.54, 1.807) is 18.1 Å². The van der Waals surface area contributed by atoms with Gasteiger partial charge in [-0.05, 0) is 54.3 Å².